The Labute approximate surface area is 199 Å². The second-order valence-electron chi connectivity index (χ2n) is 7.11. The number of benzene rings is 2. The van der Waals surface area contributed by atoms with Gasteiger partial charge in [-0.05, 0) is 18.6 Å². The number of hydrogen-bond acceptors (Lipinski definition) is 7. The van der Waals surface area contributed by atoms with Crippen molar-refractivity contribution in [2.45, 2.75) is 26.1 Å². The summed E-state index contributed by atoms with van der Waals surface area (Å²) in [6, 6.07) is 14.0. The SMILES string of the molecule is CC(OC(=O)Nc1conc1-c1ccc(COC(=O)NCCC(=O)O)cc1)c1ccccc1Cl. The molecule has 1 aromatic heterocycles. The summed E-state index contributed by atoms with van der Waals surface area (Å²) in [6.07, 6.45) is -0.884. The van der Waals surface area contributed by atoms with Crippen molar-refractivity contribution >= 4 is 35.4 Å². The minimum absolute atomic E-state index is 0.00460. The van der Waals surface area contributed by atoms with Crippen molar-refractivity contribution in [3.63, 3.8) is 0 Å². The highest BCUT2D eigenvalue weighted by Crippen LogP contribution is 2.29. The van der Waals surface area contributed by atoms with Gasteiger partial charge in [0.15, 0.2) is 0 Å². The maximum Gasteiger partial charge on any atom is 0.412 e. The van der Waals surface area contributed by atoms with Gasteiger partial charge >= 0.3 is 18.2 Å². The molecule has 3 N–H and O–H groups in total. The van der Waals surface area contributed by atoms with E-state index in [-0.39, 0.29) is 19.6 Å². The molecule has 0 aliphatic heterocycles. The van der Waals surface area contributed by atoms with E-state index in [2.05, 4.69) is 15.8 Å². The third-order valence-corrected chi connectivity index (χ3v) is 4.98. The molecule has 3 aromatic rings. The van der Waals surface area contributed by atoms with Gasteiger partial charge in [-0.25, -0.2) is 9.59 Å². The van der Waals surface area contributed by atoms with Crippen LogP contribution in [0.5, 0.6) is 0 Å². The van der Waals surface area contributed by atoms with Crippen molar-refractivity contribution < 1.29 is 33.5 Å². The van der Waals surface area contributed by atoms with Crippen LogP contribution in [0.15, 0.2) is 59.3 Å². The predicted octanol–water partition coefficient (Wildman–Crippen LogP) is 5.01. The lowest BCUT2D eigenvalue weighted by Gasteiger charge is -2.15. The van der Waals surface area contributed by atoms with E-state index in [4.69, 9.17) is 30.7 Å². The number of nitrogens with one attached hydrogen (secondary N) is 2. The molecule has 0 fully saturated rings. The van der Waals surface area contributed by atoms with Crippen molar-refractivity contribution in [1.82, 2.24) is 10.5 Å². The molecule has 2 amide bonds. The van der Waals surface area contributed by atoms with Crippen LogP contribution >= 0.6 is 11.6 Å². The molecule has 2 aromatic carbocycles. The average Bonchev–Trinajstić information content (AvgIpc) is 3.25. The third-order valence-electron chi connectivity index (χ3n) is 4.64. The van der Waals surface area contributed by atoms with Crippen LogP contribution in [0, 0.1) is 0 Å². The summed E-state index contributed by atoms with van der Waals surface area (Å²) in [6.45, 7) is 1.69. The van der Waals surface area contributed by atoms with Crippen molar-refractivity contribution in [1.29, 1.82) is 0 Å². The van der Waals surface area contributed by atoms with Crippen LogP contribution in [0.4, 0.5) is 15.3 Å². The molecule has 0 aliphatic carbocycles. The van der Waals surface area contributed by atoms with Crippen LogP contribution < -0.4 is 10.6 Å². The van der Waals surface area contributed by atoms with Crippen molar-refractivity contribution in [3.05, 3.63) is 70.9 Å². The summed E-state index contributed by atoms with van der Waals surface area (Å²) in [5.41, 5.74) is 2.73. The molecule has 0 bridgehead atoms. The van der Waals surface area contributed by atoms with Gasteiger partial charge in [0.05, 0.1) is 6.42 Å². The smallest absolute Gasteiger partial charge is 0.412 e. The van der Waals surface area contributed by atoms with Crippen LogP contribution in [0.1, 0.15) is 30.6 Å². The number of anilines is 1. The molecule has 34 heavy (non-hydrogen) atoms. The fraction of sp³-hybridized carbons (Fsp3) is 0.217. The van der Waals surface area contributed by atoms with Gasteiger partial charge < -0.3 is 24.4 Å². The first-order valence-electron chi connectivity index (χ1n) is 10.2. The zero-order chi connectivity index (χ0) is 24.5. The number of carbonyl (C=O) groups is 3. The van der Waals surface area contributed by atoms with Gasteiger partial charge in [0, 0.05) is 22.7 Å². The maximum atomic E-state index is 12.4. The van der Waals surface area contributed by atoms with Crippen molar-refractivity contribution in [2.75, 3.05) is 11.9 Å². The Bertz CT molecular complexity index is 1150. The van der Waals surface area contributed by atoms with Crippen LogP contribution in [0.2, 0.25) is 5.02 Å². The molecule has 0 spiro atoms. The molecule has 0 aliphatic rings. The lowest BCUT2D eigenvalue weighted by Crippen LogP contribution is -2.26. The topological polar surface area (TPSA) is 140 Å². The summed E-state index contributed by atoms with van der Waals surface area (Å²) in [4.78, 5) is 34.4. The summed E-state index contributed by atoms with van der Waals surface area (Å²) in [5, 5.41) is 17.9. The summed E-state index contributed by atoms with van der Waals surface area (Å²) in [5.74, 6) is -1.01. The Morgan fingerprint density at radius 2 is 1.85 bits per heavy atom. The normalized spacial score (nSPS) is 11.4. The van der Waals surface area contributed by atoms with E-state index in [1.807, 2.05) is 0 Å². The number of alkyl carbamates (subject to hydrolysis) is 1. The fourth-order valence-corrected chi connectivity index (χ4v) is 3.22. The lowest BCUT2D eigenvalue weighted by molar-refractivity contribution is -0.136. The first-order valence-corrected chi connectivity index (χ1v) is 10.6. The molecule has 1 heterocycles. The molecular weight excluding hydrogens is 466 g/mol. The molecule has 178 valence electrons. The monoisotopic (exact) mass is 487 g/mol. The van der Waals surface area contributed by atoms with Crippen LogP contribution in [0.25, 0.3) is 11.3 Å². The number of nitrogens with zero attached hydrogens (tertiary/aromatic N) is 1. The molecule has 3 rings (SSSR count). The van der Waals surface area contributed by atoms with Gasteiger partial charge in [-0.2, -0.15) is 0 Å². The molecule has 0 saturated carbocycles. The summed E-state index contributed by atoms with van der Waals surface area (Å²) < 4.78 is 15.5. The quantitative estimate of drug-likeness (QED) is 0.382. The molecule has 0 radical (unpaired) electrons. The largest absolute Gasteiger partial charge is 0.481 e. The van der Waals surface area contributed by atoms with Crippen LogP contribution in [0.3, 0.4) is 0 Å². The van der Waals surface area contributed by atoms with Gasteiger partial charge in [-0.15, -0.1) is 0 Å². The van der Waals surface area contributed by atoms with Gasteiger partial charge in [0.1, 0.15) is 30.4 Å². The maximum absolute atomic E-state index is 12.4. The Hall–Kier alpha value is -4.05. The Morgan fingerprint density at radius 1 is 1.12 bits per heavy atom. The van der Waals surface area contributed by atoms with E-state index in [9.17, 15) is 14.4 Å². The van der Waals surface area contributed by atoms with Crippen LogP contribution in [-0.2, 0) is 20.9 Å². The highest BCUT2D eigenvalue weighted by Gasteiger charge is 2.18. The highest BCUT2D eigenvalue weighted by atomic mass is 35.5. The number of aromatic nitrogens is 1. The molecule has 11 heteroatoms. The second-order valence-corrected chi connectivity index (χ2v) is 7.52. The van der Waals surface area contributed by atoms with Gasteiger partial charge in [-0.1, -0.05) is 59.2 Å². The number of amides is 2. The van der Waals surface area contributed by atoms with E-state index >= 15 is 0 Å². The first kappa shape index (κ1) is 24.6. The highest BCUT2D eigenvalue weighted by molar-refractivity contribution is 6.31. The minimum Gasteiger partial charge on any atom is -0.481 e. The van der Waals surface area contributed by atoms with E-state index in [1.165, 1.54) is 6.26 Å². The van der Waals surface area contributed by atoms with Gasteiger partial charge in [-0.3, -0.25) is 10.1 Å². The zero-order valence-corrected chi connectivity index (χ0v) is 18.9. The number of halogens is 1. The summed E-state index contributed by atoms with van der Waals surface area (Å²) >= 11 is 6.15. The Kier molecular flexibility index (Phi) is 8.47. The third kappa shape index (κ3) is 6.97. The minimum atomic E-state index is -1.01. The molecular formula is C23H22ClN3O7. The Morgan fingerprint density at radius 3 is 2.56 bits per heavy atom. The van der Waals surface area contributed by atoms with Gasteiger partial charge in [0.2, 0.25) is 0 Å². The number of hydrogen-bond donors (Lipinski definition) is 3. The van der Waals surface area contributed by atoms with Crippen molar-refractivity contribution in [2.24, 2.45) is 0 Å². The number of carbonyl (C=O) groups excluding carboxylic acids is 2. The van der Waals surface area contributed by atoms with E-state index in [0.717, 1.165) is 0 Å². The lowest BCUT2D eigenvalue weighted by atomic mass is 10.1. The van der Waals surface area contributed by atoms with Gasteiger partial charge in [0.25, 0.3) is 0 Å². The van der Waals surface area contributed by atoms with E-state index in [1.54, 1.807) is 55.5 Å². The molecule has 10 nitrogen and oxygen atoms in total. The molecule has 0 saturated heterocycles. The van der Waals surface area contributed by atoms with Crippen molar-refractivity contribution in [3.8, 4) is 11.3 Å². The number of ether oxygens (including phenoxy) is 2. The van der Waals surface area contributed by atoms with E-state index in [0.29, 0.717) is 33.1 Å². The zero-order valence-electron chi connectivity index (χ0n) is 18.1. The standard InChI is InChI=1S/C23H22ClN3O7/c1-14(17-4-2-3-5-18(17)24)34-23(31)26-19-13-33-27-21(19)16-8-6-15(7-9-16)12-32-22(30)25-11-10-20(28)29/h2-9,13-14H,10-12H2,1H3,(H,25,30)(H,26,31)(H,28,29). The molecule has 1 unspecified atom stereocenters. The number of rotatable bonds is 9. The number of carboxylic acid groups (broad SMARTS) is 1. The Balaban J connectivity index is 1.55. The average molecular weight is 488 g/mol. The number of aliphatic carboxylic acids is 1. The number of carboxylic acids is 1. The van der Waals surface area contributed by atoms with E-state index < -0.39 is 24.3 Å². The van der Waals surface area contributed by atoms with Crippen LogP contribution in [-0.4, -0.2) is 35.0 Å². The fourth-order valence-electron chi connectivity index (χ4n) is 2.93. The predicted molar refractivity (Wildman–Crippen MR) is 122 cm³/mol. The second kappa shape index (κ2) is 11.7. The molecule has 1 atom stereocenters. The summed E-state index contributed by atoms with van der Waals surface area (Å²) in [7, 11) is 0. The first-order chi connectivity index (χ1) is 16.3.